The number of rotatable bonds is 8. The van der Waals surface area contributed by atoms with Gasteiger partial charge in [0.25, 0.3) is 0 Å². The maximum absolute atomic E-state index is 13.7. The number of carbonyl (C=O) groups is 2. The van der Waals surface area contributed by atoms with Gasteiger partial charge in [-0.1, -0.05) is 24.6 Å². The number of benzene rings is 1. The molecule has 0 aliphatic heterocycles. The number of likely N-dealkylation sites (N-methyl/N-ethyl adjacent to an activating group) is 1. The fraction of sp³-hybridized carbons (Fsp3) is 0.467. The molecule has 0 atom stereocenters. The monoisotopic (exact) mass is 330 g/mol. The van der Waals surface area contributed by atoms with Gasteiger partial charge in [0, 0.05) is 24.2 Å². The molecule has 1 aromatic rings. The van der Waals surface area contributed by atoms with E-state index in [0.717, 1.165) is 6.42 Å². The van der Waals surface area contributed by atoms with Crippen LogP contribution in [0, 0.1) is 5.82 Å². The van der Waals surface area contributed by atoms with Crippen LogP contribution in [0.3, 0.4) is 0 Å². The molecule has 22 heavy (non-hydrogen) atoms. The van der Waals surface area contributed by atoms with Crippen LogP contribution in [0.25, 0.3) is 0 Å². The summed E-state index contributed by atoms with van der Waals surface area (Å²) in [6.07, 6.45) is 0.739. The molecule has 0 unspecified atom stereocenters. The molecule has 0 aliphatic carbocycles. The Morgan fingerprint density at radius 1 is 1.32 bits per heavy atom. The first-order valence-corrected chi connectivity index (χ1v) is 7.34. The third kappa shape index (κ3) is 5.61. The molecule has 0 spiro atoms. The lowest BCUT2D eigenvalue weighted by Gasteiger charge is -2.24. The Morgan fingerprint density at radius 3 is 2.55 bits per heavy atom. The van der Waals surface area contributed by atoms with E-state index in [1.165, 1.54) is 24.1 Å². The standard InChI is InChI=1S/C15H20ClFN2O3/c1-3-7-19(10-15(21)22)9-14(20)18(2)8-11-12(16)5-4-6-13(11)17/h4-6H,3,7-10H2,1-2H3,(H,21,22). The fourth-order valence-electron chi connectivity index (χ4n) is 2.04. The van der Waals surface area contributed by atoms with Gasteiger partial charge in [0.2, 0.25) is 5.91 Å². The summed E-state index contributed by atoms with van der Waals surface area (Å²) >= 11 is 5.94. The molecule has 1 amide bonds. The molecular weight excluding hydrogens is 311 g/mol. The first-order chi connectivity index (χ1) is 10.3. The van der Waals surface area contributed by atoms with Crippen molar-refractivity contribution in [3.05, 3.63) is 34.6 Å². The summed E-state index contributed by atoms with van der Waals surface area (Å²) in [5.41, 5.74) is 0.250. The van der Waals surface area contributed by atoms with E-state index in [9.17, 15) is 14.0 Å². The molecule has 1 N–H and O–H groups in total. The molecule has 0 saturated carbocycles. The second-order valence-corrected chi connectivity index (χ2v) is 5.46. The van der Waals surface area contributed by atoms with Crippen LogP contribution in [0.1, 0.15) is 18.9 Å². The molecule has 0 aliphatic rings. The highest BCUT2D eigenvalue weighted by Gasteiger charge is 2.18. The lowest BCUT2D eigenvalue weighted by molar-refractivity contribution is -0.139. The van der Waals surface area contributed by atoms with Crippen LogP contribution in [0.5, 0.6) is 0 Å². The zero-order valence-electron chi connectivity index (χ0n) is 12.7. The molecule has 5 nitrogen and oxygen atoms in total. The normalized spacial score (nSPS) is 10.8. The molecule has 0 radical (unpaired) electrons. The maximum atomic E-state index is 13.7. The number of nitrogens with zero attached hydrogens (tertiary/aromatic N) is 2. The predicted molar refractivity (Wildman–Crippen MR) is 82.3 cm³/mol. The average molecular weight is 331 g/mol. The van der Waals surface area contributed by atoms with Crippen molar-refractivity contribution in [3.63, 3.8) is 0 Å². The first kappa shape index (κ1) is 18.4. The van der Waals surface area contributed by atoms with Crippen molar-refractivity contribution in [2.75, 3.05) is 26.7 Å². The summed E-state index contributed by atoms with van der Waals surface area (Å²) in [4.78, 5) is 25.8. The van der Waals surface area contributed by atoms with E-state index in [-0.39, 0.29) is 36.1 Å². The highest BCUT2D eigenvalue weighted by Crippen LogP contribution is 2.20. The smallest absolute Gasteiger partial charge is 0.317 e. The number of aliphatic carboxylic acids is 1. The van der Waals surface area contributed by atoms with Gasteiger partial charge in [-0.2, -0.15) is 0 Å². The summed E-state index contributed by atoms with van der Waals surface area (Å²) in [6.45, 7) is 2.22. The van der Waals surface area contributed by atoms with Crippen molar-refractivity contribution in [1.82, 2.24) is 9.80 Å². The van der Waals surface area contributed by atoms with Crippen molar-refractivity contribution >= 4 is 23.5 Å². The summed E-state index contributed by atoms with van der Waals surface area (Å²) in [7, 11) is 1.54. The Bertz CT molecular complexity index is 519. The SMILES string of the molecule is CCCN(CC(=O)O)CC(=O)N(C)Cc1c(F)cccc1Cl. The second-order valence-electron chi connectivity index (χ2n) is 5.05. The van der Waals surface area contributed by atoms with Crippen LogP contribution in [0.2, 0.25) is 5.02 Å². The van der Waals surface area contributed by atoms with Crippen LogP contribution in [0.15, 0.2) is 18.2 Å². The van der Waals surface area contributed by atoms with Gasteiger partial charge in [0.05, 0.1) is 13.1 Å². The Hall–Kier alpha value is -1.66. The largest absolute Gasteiger partial charge is 0.480 e. The van der Waals surface area contributed by atoms with E-state index in [2.05, 4.69) is 0 Å². The molecule has 7 heteroatoms. The number of carbonyl (C=O) groups excluding carboxylic acids is 1. The van der Waals surface area contributed by atoms with Crippen molar-refractivity contribution in [2.24, 2.45) is 0 Å². The number of amides is 1. The molecule has 0 aromatic heterocycles. The fourth-order valence-corrected chi connectivity index (χ4v) is 2.27. The molecule has 0 saturated heterocycles. The van der Waals surface area contributed by atoms with Crippen LogP contribution in [-0.2, 0) is 16.1 Å². The lowest BCUT2D eigenvalue weighted by Crippen LogP contribution is -2.40. The molecule has 0 heterocycles. The van der Waals surface area contributed by atoms with Crippen molar-refractivity contribution in [3.8, 4) is 0 Å². The van der Waals surface area contributed by atoms with E-state index in [1.54, 1.807) is 11.0 Å². The van der Waals surface area contributed by atoms with Crippen LogP contribution in [0.4, 0.5) is 4.39 Å². The molecule has 0 bridgehead atoms. The minimum absolute atomic E-state index is 0.0251. The number of hydrogen-bond donors (Lipinski definition) is 1. The zero-order chi connectivity index (χ0) is 16.7. The van der Waals surface area contributed by atoms with E-state index in [1.807, 2.05) is 6.92 Å². The third-order valence-corrected chi connectivity index (χ3v) is 3.49. The van der Waals surface area contributed by atoms with Gasteiger partial charge in [0.15, 0.2) is 0 Å². The van der Waals surface area contributed by atoms with Gasteiger partial charge in [-0.05, 0) is 25.1 Å². The summed E-state index contributed by atoms with van der Waals surface area (Å²) in [6, 6.07) is 4.35. The van der Waals surface area contributed by atoms with Gasteiger partial charge >= 0.3 is 5.97 Å². The molecule has 0 fully saturated rings. The van der Waals surface area contributed by atoms with E-state index < -0.39 is 11.8 Å². The first-order valence-electron chi connectivity index (χ1n) is 6.96. The van der Waals surface area contributed by atoms with Crippen molar-refractivity contribution < 1.29 is 19.1 Å². The number of halogens is 2. The second kappa shape index (κ2) is 8.70. The summed E-state index contributed by atoms with van der Waals surface area (Å²) in [5.74, 6) is -1.74. The molecule has 1 rings (SSSR count). The van der Waals surface area contributed by atoms with Crippen molar-refractivity contribution in [2.45, 2.75) is 19.9 Å². The Labute approximate surface area is 134 Å². The Balaban J connectivity index is 2.69. The minimum Gasteiger partial charge on any atom is -0.480 e. The van der Waals surface area contributed by atoms with Crippen molar-refractivity contribution in [1.29, 1.82) is 0 Å². The topological polar surface area (TPSA) is 60.9 Å². The van der Waals surface area contributed by atoms with Crippen LogP contribution < -0.4 is 0 Å². The van der Waals surface area contributed by atoms with Gasteiger partial charge in [-0.15, -0.1) is 0 Å². The highest BCUT2D eigenvalue weighted by atomic mass is 35.5. The zero-order valence-corrected chi connectivity index (χ0v) is 13.4. The van der Waals surface area contributed by atoms with Crippen LogP contribution in [-0.4, -0.2) is 53.5 Å². The molecule has 122 valence electrons. The quantitative estimate of drug-likeness (QED) is 0.794. The summed E-state index contributed by atoms with van der Waals surface area (Å²) < 4.78 is 13.7. The van der Waals surface area contributed by atoms with E-state index in [0.29, 0.717) is 6.54 Å². The maximum Gasteiger partial charge on any atom is 0.317 e. The number of hydrogen-bond acceptors (Lipinski definition) is 3. The number of carboxylic acid groups (broad SMARTS) is 1. The van der Waals surface area contributed by atoms with Gasteiger partial charge in [-0.3, -0.25) is 14.5 Å². The van der Waals surface area contributed by atoms with E-state index in [4.69, 9.17) is 16.7 Å². The van der Waals surface area contributed by atoms with Gasteiger partial charge in [0.1, 0.15) is 5.82 Å². The van der Waals surface area contributed by atoms with E-state index >= 15 is 0 Å². The highest BCUT2D eigenvalue weighted by molar-refractivity contribution is 6.31. The van der Waals surface area contributed by atoms with Gasteiger partial charge < -0.3 is 10.0 Å². The third-order valence-electron chi connectivity index (χ3n) is 3.14. The Morgan fingerprint density at radius 2 is 2.00 bits per heavy atom. The average Bonchev–Trinajstić information content (AvgIpc) is 2.42. The minimum atomic E-state index is -0.985. The predicted octanol–water partition coefficient (Wildman–Crippen LogP) is 2.23. The summed E-state index contributed by atoms with van der Waals surface area (Å²) in [5, 5.41) is 9.10. The molecular formula is C15H20ClFN2O3. The number of carboxylic acids is 1. The lowest BCUT2D eigenvalue weighted by atomic mass is 10.2. The Kier molecular flexibility index (Phi) is 7.27. The van der Waals surface area contributed by atoms with Crippen LogP contribution >= 0.6 is 11.6 Å². The molecule has 1 aromatic carbocycles. The van der Waals surface area contributed by atoms with Gasteiger partial charge in [-0.25, -0.2) is 4.39 Å².